The molecule has 0 fully saturated rings. The van der Waals surface area contributed by atoms with Crippen LogP contribution in [0.25, 0.3) is 0 Å². The summed E-state index contributed by atoms with van der Waals surface area (Å²) in [4.78, 5) is 10.2. The van der Waals surface area contributed by atoms with Gasteiger partial charge in [-0.15, -0.1) is 0 Å². The lowest BCUT2D eigenvalue weighted by Gasteiger charge is -2.18. The monoisotopic (exact) mass is 176 g/mol. The minimum atomic E-state index is -0.895. The molecule has 0 saturated heterocycles. The van der Waals surface area contributed by atoms with Crippen molar-refractivity contribution >= 4 is 29.3 Å². The molecule has 0 atom stereocenters. The minimum Gasteiger partial charge on any atom is -0.374 e. The van der Waals surface area contributed by atoms with E-state index in [-0.39, 0.29) is 5.11 Å². The second kappa shape index (κ2) is 3.56. The zero-order chi connectivity index (χ0) is 9.02. The standard InChI is InChI=1S/C3H8N6OS/c4-1(5)9(3(7)11)8-2(6)10/h(H3,4,5)(H2,7,11)(H3,6,8,10). The molecule has 2 amide bonds. The van der Waals surface area contributed by atoms with Crippen molar-refractivity contribution in [3.63, 3.8) is 0 Å². The summed E-state index contributed by atoms with van der Waals surface area (Å²) in [6.45, 7) is 0. The molecule has 0 saturated carbocycles. The number of urea groups is 1. The quantitative estimate of drug-likeness (QED) is 0.126. The number of rotatable bonds is 0. The predicted molar refractivity (Wildman–Crippen MR) is 43.3 cm³/mol. The molecule has 0 aliphatic rings. The van der Waals surface area contributed by atoms with Crippen LogP contribution in [-0.2, 0) is 0 Å². The Bertz CT molecular complexity index is 188. The molecule has 8 heteroatoms. The fourth-order valence-corrected chi connectivity index (χ4v) is 0.488. The number of hydrogen-bond acceptors (Lipinski definition) is 3. The Morgan fingerprint density at radius 2 is 1.91 bits per heavy atom. The lowest BCUT2D eigenvalue weighted by atomic mass is 10.8. The number of guanidine groups is 1. The number of amides is 2. The number of primary amides is 1. The predicted octanol–water partition coefficient (Wildman–Crippen LogP) is -1.99. The van der Waals surface area contributed by atoms with Crippen LogP contribution in [0.3, 0.4) is 0 Å². The molecule has 0 aliphatic heterocycles. The van der Waals surface area contributed by atoms with E-state index in [2.05, 4.69) is 12.2 Å². The van der Waals surface area contributed by atoms with Gasteiger partial charge in [0, 0.05) is 0 Å². The SMILES string of the molecule is N=C(N)N(NC(N)=O)C(N)=S. The van der Waals surface area contributed by atoms with Crippen molar-refractivity contribution in [2.75, 3.05) is 0 Å². The van der Waals surface area contributed by atoms with Gasteiger partial charge < -0.3 is 17.2 Å². The third-order valence-corrected chi connectivity index (χ3v) is 0.866. The first-order valence-electron chi connectivity index (χ1n) is 2.45. The summed E-state index contributed by atoms with van der Waals surface area (Å²) in [5, 5.41) is 7.27. The molecule has 8 N–H and O–H groups in total. The Kier molecular flexibility index (Phi) is 3.05. The van der Waals surface area contributed by atoms with E-state index in [1.807, 2.05) is 5.43 Å². The third kappa shape index (κ3) is 3.20. The van der Waals surface area contributed by atoms with Crippen LogP contribution in [0.4, 0.5) is 4.79 Å². The van der Waals surface area contributed by atoms with Gasteiger partial charge in [0.2, 0.25) is 5.96 Å². The summed E-state index contributed by atoms with van der Waals surface area (Å²) in [5.74, 6) is -0.503. The van der Waals surface area contributed by atoms with Crippen LogP contribution in [0, 0.1) is 5.41 Å². The Balaban J connectivity index is 4.23. The summed E-state index contributed by atoms with van der Waals surface area (Å²) >= 11 is 4.42. The Morgan fingerprint density at radius 1 is 1.45 bits per heavy atom. The number of carbonyl (C=O) groups is 1. The van der Waals surface area contributed by atoms with Crippen LogP contribution in [0.15, 0.2) is 0 Å². The topological polar surface area (TPSA) is 134 Å². The van der Waals surface area contributed by atoms with E-state index in [0.717, 1.165) is 0 Å². The molecular formula is C3H8N6OS. The van der Waals surface area contributed by atoms with Crippen LogP contribution in [0.5, 0.6) is 0 Å². The molecule has 11 heavy (non-hydrogen) atoms. The second-order valence-electron chi connectivity index (χ2n) is 1.53. The van der Waals surface area contributed by atoms with Crippen LogP contribution in [-0.4, -0.2) is 22.1 Å². The fourth-order valence-electron chi connectivity index (χ4n) is 0.344. The molecule has 0 unspecified atom stereocenters. The van der Waals surface area contributed by atoms with Crippen molar-refractivity contribution in [3.05, 3.63) is 0 Å². The van der Waals surface area contributed by atoms with Gasteiger partial charge in [-0.05, 0) is 12.2 Å². The zero-order valence-corrected chi connectivity index (χ0v) is 6.31. The number of thiocarbonyl (C=S) groups is 1. The summed E-state index contributed by atoms with van der Waals surface area (Å²) < 4.78 is 0. The van der Waals surface area contributed by atoms with E-state index >= 15 is 0 Å². The van der Waals surface area contributed by atoms with Crippen LogP contribution >= 0.6 is 12.2 Å². The van der Waals surface area contributed by atoms with Gasteiger partial charge in [-0.3, -0.25) is 5.41 Å². The first-order chi connectivity index (χ1) is 4.95. The molecule has 0 aromatic heterocycles. The zero-order valence-electron chi connectivity index (χ0n) is 5.50. The molecule has 7 nitrogen and oxygen atoms in total. The third-order valence-electron chi connectivity index (χ3n) is 0.683. The van der Waals surface area contributed by atoms with Crippen molar-refractivity contribution in [1.29, 1.82) is 5.41 Å². The van der Waals surface area contributed by atoms with Crippen LogP contribution in [0.2, 0.25) is 0 Å². The Morgan fingerprint density at radius 3 is 2.00 bits per heavy atom. The van der Waals surface area contributed by atoms with E-state index in [1.165, 1.54) is 0 Å². The maximum atomic E-state index is 10.2. The van der Waals surface area contributed by atoms with Crippen molar-refractivity contribution in [1.82, 2.24) is 10.4 Å². The average Bonchev–Trinajstić information content (AvgIpc) is 1.81. The van der Waals surface area contributed by atoms with Crippen molar-refractivity contribution < 1.29 is 4.79 Å². The van der Waals surface area contributed by atoms with E-state index in [4.69, 9.17) is 22.6 Å². The average molecular weight is 176 g/mol. The minimum absolute atomic E-state index is 0.253. The van der Waals surface area contributed by atoms with Gasteiger partial charge in [0.05, 0.1) is 0 Å². The Labute approximate surface area is 68.0 Å². The first-order valence-corrected chi connectivity index (χ1v) is 2.85. The van der Waals surface area contributed by atoms with E-state index in [9.17, 15) is 4.79 Å². The summed E-state index contributed by atoms with van der Waals surface area (Å²) in [7, 11) is 0. The van der Waals surface area contributed by atoms with E-state index in [1.54, 1.807) is 0 Å². The molecule has 0 aromatic carbocycles. The molecule has 0 aliphatic carbocycles. The van der Waals surface area contributed by atoms with E-state index < -0.39 is 12.0 Å². The molecule has 0 spiro atoms. The first kappa shape index (κ1) is 9.43. The summed E-state index contributed by atoms with van der Waals surface area (Å²) in [6.07, 6.45) is 0. The van der Waals surface area contributed by atoms with Gasteiger partial charge in [-0.1, -0.05) is 0 Å². The summed E-state index contributed by atoms with van der Waals surface area (Å²) in [5.41, 5.74) is 16.7. The molecular weight excluding hydrogens is 168 g/mol. The second-order valence-corrected chi connectivity index (χ2v) is 1.95. The highest BCUT2D eigenvalue weighted by Crippen LogP contribution is 1.78. The summed E-state index contributed by atoms with van der Waals surface area (Å²) in [6, 6.07) is -0.895. The number of nitrogens with one attached hydrogen (secondary N) is 2. The van der Waals surface area contributed by atoms with Gasteiger partial charge in [0.25, 0.3) is 0 Å². The molecule has 0 heterocycles. The molecule has 62 valence electrons. The number of hydrogen-bond donors (Lipinski definition) is 5. The molecule has 0 radical (unpaired) electrons. The molecule has 0 rings (SSSR count). The van der Waals surface area contributed by atoms with E-state index in [0.29, 0.717) is 5.01 Å². The van der Waals surface area contributed by atoms with Crippen molar-refractivity contribution in [3.8, 4) is 0 Å². The van der Waals surface area contributed by atoms with Crippen LogP contribution < -0.4 is 22.6 Å². The van der Waals surface area contributed by atoms with Gasteiger partial charge in [0.1, 0.15) is 0 Å². The maximum Gasteiger partial charge on any atom is 0.331 e. The fraction of sp³-hybridized carbons (Fsp3) is 0. The lowest BCUT2D eigenvalue weighted by Crippen LogP contribution is -2.55. The number of hydrazine groups is 1. The highest BCUT2D eigenvalue weighted by molar-refractivity contribution is 7.80. The smallest absolute Gasteiger partial charge is 0.331 e. The number of nitrogens with two attached hydrogens (primary N) is 3. The molecule has 0 bridgehead atoms. The highest BCUT2D eigenvalue weighted by Gasteiger charge is 2.09. The van der Waals surface area contributed by atoms with Gasteiger partial charge in [-0.25, -0.2) is 10.2 Å². The van der Waals surface area contributed by atoms with Gasteiger partial charge >= 0.3 is 6.03 Å². The van der Waals surface area contributed by atoms with Gasteiger partial charge in [0.15, 0.2) is 5.11 Å². The molecule has 0 aromatic rings. The van der Waals surface area contributed by atoms with Crippen molar-refractivity contribution in [2.24, 2.45) is 17.2 Å². The largest absolute Gasteiger partial charge is 0.374 e. The van der Waals surface area contributed by atoms with Crippen LogP contribution in [0.1, 0.15) is 0 Å². The van der Waals surface area contributed by atoms with Crippen molar-refractivity contribution in [2.45, 2.75) is 0 Å². The maximum absolute atomic E-state index is 10.2. The lowest BCUT2D eigenvalue weighted by molar-refractivity contribution is 0.238. The number of carbonyl (C=O) groups excluding carboxylic acids is 1. The Hall–Kier alpha value is -1.57. The van der Waals surface area contributed by atoms with Gasteiger partial charge in [-0.2, -0.15) is 5.01 Å². The normalized spacial score (nSPS) is 8.36. The highest BCUT2D eigenvalue weighted by atomic mass is 32.1. The number of nitrogens with zero attached hydrogens (tertiary/aromatic N) is 1.